The second kappa shape index (κ2) is 11.4. The minimum absolute atomic E-state index is 0.632. The molecule has 0 atom stereocenters. The summed E-state index contributed by atoms with van der Waals surface area (Å²) < 4.78 is 0. The summed E-state index contributed by atoms with van der Waals surface area (Å²) in [6.07, 6.45) is 4.77. The molecule has 0 radical (unpaired) electrons. The van der Waals surface area contributed by atoms with Crippen LogP contribution in [0, 0.1) is 5.41 Å². The van der Waals surface area contributed by atoms with E-state index in [1.54, 1.807) is 0 Å². The van der Waals surface area contributed by atoms with Crippen LogP contribution in [0.15, 0.2) is 107 Å². The van der Waals surface area contributed by atoms with Crippen LogP contribution in [0.2, 0.25) is 0 Å². The first-order valence-electron chi connectivity index (χ1n) is 14.5. The number of hydrogen-bond acceptors (Lipinski definition) is 5. The first-order chi connectivity index (χ1) is 19.7. The Morgan fingerprint density at radius 2 is 0.900 bits per heavy atom. The van der Waals surface area contributed by atoms with Gasteiger partial charge in [0.2, 0.25) is 0 Å². The lowest BCUT2D eigenvalue weighted by atomic mass is 10.1. The molecule has 4 aromatic rings. The van der Waals surface area contributed by atoms with Gasteiger partial charge in [-0.05, 0) is 85.3 Å². The molecule has 4 aromatic carbocycles. The van der Waals surface area contributed by atoms with Crippen molar-refractivity contribution in [3.63, 3.8) is 0 Å². The Morgan fingerprint density at radius 1 is 0.500 bits per heavy atom. The summed E-state index contributed by atoms with van der Waals surface area (Å²) in [6, 6.07) is 35.2. The monoisotopic (exact) mass is 561 g/mol. The molecule has 0 spiro atoms. The molecular formula is C35H35N3S2. The molecule has 2 fully saturated rings. The van der Waals surface area contributed by atoms with Crippen molar-refractivity contribution in [3.05, 3.63) is 108 Å². The van der Waals surface area contributed by atoms with Gasteiger partial charge in [0.15, 0.2) is 0 Å². The summed E-state index contributed by atoms with van der Waals surface area (Å²) in [5.41, 5.74) is 7.99. The molecule has 40 heavy (non-hydrogen) atoms. The molecule has 202 valence electrons. The van der Waals surface area contributed by atoms with Gasteiger partial charge in [-0.3, -0.25) is 5.41 Å². The van der Waals surface area contributed by atoms with Crippen LogP contribution in [0.4, 0.5) is 11.4 Å². The molecule has 5 heteroatoms. The number of para-hydroxylation sites is 2. The molecule has 0 unspecified atom stereocenters. The third-order valence-electron chi connectivity index (χ3n) is 8.54. The van der Waals surface area contributed by atoms with E-state index in [-0.39, 0.29) is 0 Å². The lowest BCUT2D eigenvalue weighted by molar-refractivity contribution is 0.591. The maximum absolute atomic E-state index is 9.06. The van der Waals surface area contributed by atoms with Crippen LogP contribution >= 0.6 is 23.5 Å². The third-order valence-corrected chi connectivity index (χ3v) is 11.2. The van der Waals surface area contributed by atoms with Crippen LogP contribution in [-0.4, -0.2) is 42.4 Å². The zero-order valence-electron chi connectivity index (χ0n) is 22.8. The molecule has 0 aromatic heterocycles. The fourth-order valence-electron chi connectivity index (χ4n) is 6.35. The van der Waals surface area contributed by atoms with Crippen molar-refractivity contribution in [1.82, 2.24) is 0 Å². The Bertz CT molecular complexity index is 1380. The molecule has 1 N–H and O–H groups in total. The van der Waals surface area contributed by atoms with Crippen molar-refractivity contribution in [2.45, 2.75) is 46.0 Å². The molecule has 3 aliphatic rings. The zero-order valence-corrected chi connectivity index (χ0v) is 24.4. The number of anilines is 2. The average molecular weight is 562 g/mol. The van der Waals surface area contributed by atoms with Gasteiger partial charge < -0.3 is 9.80 Å². The Hall–Kier alpha value is -3.15. The second-order valence-corrected chi connectivity index (χ2v) is 13.8. The maximum atomic E-state index is 9.06. The van der Waals surface area contributed by atoms with E-state index in [9.17, 15) is 0 Å². The Morgan fingerprint density at radius 3 is 1.30 bits per heavy atom. The van der Waals surface area contributed by atoms with Crippen LogP contribution in [0.25, 0.3) is 11.1 Å². The molecule has 0 bridgehead atoms. The molecule has 1 aliphatic carbocycles. The predicted octanol–water partition coefficient (Wildman–Crippen LogP) is 8.61. The van der Waals surface area contributed by atoms with E-state index in [0.29, 0.717) is 16.2 Å². The van der Waals surface area contributed by atoms with E-state index in [1.807, 2.05) is 23.5 Å². The van der Waals surface area contributed by atoms with E-state index < -0.39 is 0 Å². The Balaban J connectivity index is 0.978. The quantitative estimate of drug-likeness (QED) is 0.225. The van der Waals surface area contributed by atoms with Gasteiger partial charge in [-0.15, -0.1) is 23.5 Å². The van der Waals surface area contributed by atoms with Crippen molar-refractivity contribution >= 4 is 40.6 Å². The van der Waals surface area contributed by atoms with E-state index in [0.717, 1.165) is 37.3 Å². The van der Waals surface area contributed by atoms with Gasteiger partial charge in [0.1, 0.15) is 0 Å². The maximum Gasteiger partial charge on any atom is 0.0697 e. The van der Waals surface area contributed by atoms with Crippen LogP contribution in [-0.2, 0) is 0 Å². The molecule has 2 aliphatic heterocycles. The summed E-state index contributed by atoms with van der Waals surface area (Å²) in [5, 5.41) is 10.3. The highest BCUT2D eigenvalue weighted by Crippen LogP contribution is 2.42. The summed E-state index contributed by atoms with van der Waals surface area (Å²) in [4.78, 5) is 7.62. The molecule has 3 nitrogen and oxygen atoms in total. The number of fused-ring (bicyclic) bond motifs is 3. The van der Waals surface area contributed by atoms with Crippen molar-refractivity contribution in [3.8, 4) is 11.1 Å². The highest BCUT2D eigenvalue weighted by atomic mass is 32.2. The fraction of sp³-hybridized carbons (Fsp3) is 0.286. The topological polar surface area (TPSA) is 30.3 Å². The van der Waals surface area contributed by atoms with Crippen LogP contribution in [0.1, 0.15) is 36.8 Å². The molecule has 7 rings (SSSR count). The third kappa shape index (κ3) is 5.29. The van der Waals surface area contributed by atoms with Crippen LogP contribution in [0.5, 0.6) is 0 Å². The van der Waals surface area contributed by atoms with Crippen molar-refractivity contribution < 1.29 is 0 Å². The summed E-state index contributed by atoms with van der Waals surface area (Å²) >= 11 is 4.00. The number of thioether (sulfide) groups is 2. The van der Waals surface area contributed by atoms with Crippen molar-refractivity contribution in [1.29, 1.82) is 5.41 Å². The highest BCUT2D eigenvalue weighted by molar-refractivity contribution is 8.00. The van der Waals surface area contributed by atoms with Crippen LogP contribution < -0.4 is 9.80 Å². The van der Waals surface area contributed by atoms with Crippen molar-refractivity contribution in [2.75, 3.05) is 36.0 Å². The number of rotatable bonds is 6. The zero-order chi connectivity index (χ0) is 26.9. The van der Waals surface area contributed by atoms with Crippen LogP contribution in [0.3, 0.4) is 0 Å². The summed E-state index contributed by atoms with van der Waals surface area (Å²) in [7, 11) is 0. The molecule has 2 saturated heterocycles. The fourth-order valence-corrected chi connectivity index (χ4v) is 8.68. The summed E-state index contributed by atoms with van der Waals surface area (Å²) in [5.74, 6) is 0. The van der Waals surface area contributed by atoms with Gasteiger partial charge in [-0.1, -0.05) is 48.5 Å². The predicted molar refractivity (Wildman–Crippen MR) is 173 cm³/mol. The number of nitrogens with one attached hydrogen (secondary N) is 1. The van der Waals surface area contributed by atoms with Gasteiger partial charge in [0, 0.05) is 69.0 Å². The van der Waals surface area contributed by atoms with Gasteiger partial charge >= 0.3 is 0 Å². The van der Waals surface area contributed by atoms with E-state index in [4.69, 9.17) is 5.41 Å². The summed E-state index contributed by atoms with van der Waals surface area (Å²) in [6.45, 7) is 4.44. The van der Waals surface area contributed by atoms with E-state index >= 15 is 0 Å². The first-order valence-corrected chi connectivity index (χ1v) is 16.3. The molecule has 0 amide bonds. The molecular weight excluding hydrogens is 527 g/mol. The molecule has 2 heterocycles. The van der Waals surface area contributed by atoms with Gasteiger partial charge in [0.05, 0.1) is 5.71 Å². The van der Waals surface area contributed by atoms with Gasteiger partial charge in [-0.2, -0.15) is 0 Å². The minimum atomic E-state index is 0.632. The lowest BCUT2D eigenvalue weighted by Crippen LogP contribution is -2.34. The lowest BCUT2D eigenvalue weighted by Gasteiger charge is -2.33. The number of nitrogens with zero attached hydrogens (tertiary/aromatic N) is 2. The highest BCUT2D eigenvalue weighted by Gasteiger charge is 2.27. The largest absolute Gasteiger partial charge is 0.371 e. The normalized spacial score (nSPS) is 17.6. The Kier molecular flexibility index (Phi) is 7.34. The number of benzene rings is 4. The number of piperidine rings is 2. The second-order valence-electron chi connectivity index (χ2n) is 11.1. The number of hydrogen-bond donors (Lipinski definition) is 1. The standard InChI is InChI=1S/C35H35N3S2/c36-35-33-23-29(39-27-15-19-37(20-16-27)25-7-3-1-4-8-25)11-13-31(33)32-14-12-30(24-34(32)35)40-28-17-21-38(22-18-28)26-9-5-2-6-10-26/h1-14,23-24,27-28,36H,15-22H2. The smallest absolute Gasteiger partial charge is 0.0697 e. The van der Waals surface area contributed by atoms with Gasteiger partial charge in [0.25, 0.3) is 0 Å². The van der Waals surface area contributed by atoms with E-state index in [2.05, 4.69) is 107 Å². The van der Waals surface area contributed by atoms with E-state index in [1.165, 1.54) is 58.0 Å². The average Bonchev–Trinajstić information content (AvgIpc) is 3.29. The first kappa shape index (κ1) is 25.8. The van der Waals surface area contributed by atoms with Gasteiger partial charge in [-0.25, -0.2) is 0 Å². The molecule has 0 saturated carbocycles. The van der Waals surface area contributed by atoms with Crippen molar-refractivity contribution in [2.24, 2.45) is 0 Å². The Labute approximate surface area is 246 Å². The minimum Gasteiger partial charge on any atom is -0.371 e. The SMILES string of the molecule is N=C1c2cc(SC3CCN(c4ccccc4)CC3)ccc2-c2ccc(SC3CCN(c4ccccc4)CC3)cc21.